The maximum absolute atomic E-state index is 12.2. The number of carbonyl (C=O) groups excluding carboxylic acids is 1. The van der Waals surface area contributed by atoms with Gasteiger partial charge in [0, 0.05) is 31.5 Å². The number of β-amino-alcohol motifs (C(OH)–C–C–N with tert-alkyl or cyclic N) is 1. The summed E-state index contributed by atoms with van der Waals surface area (Å²) < 4.78 is 5.64. The van der Waals surface area contributed by atoms with E-state index in [1.54, 1.807) is 4.90 Å². The molecule has 1 aliphatic heterocycles. The maximum Gasteiger partial charge on any atom is 0.247 e. The van der Waals surface area contributed by atoms with Gasteiger partial charge in [0.05, 0.1) is 6.10 Å². The highest BCUT2D eigenvalue weighted by Gasteiger charge is 2.26. The molecule has 2 unspecified atom stereocenters. The second-order valence-electron chi connectivity index (χ2n) is 6.39. The molecule has 6 nitrogen and oxygen atoms in total. The van der Waals surface area contributed by atoms with Crippen molar-refractivity contribution >= 4 is 5.91 Å². The molecule has 0 spiro atoms. The van der Waals surface area contributed by atoms with Gasteiger partial charge < -0.3 is 14.4 Å². The van der Waals surface area contributed by atoms with E-state index in [0.717, 1.165) is 18.5 Å². The first-order chi connectivity index (χ1) is 11.6. The fourth-order valence-electron chi connectivity index (χ4n) is 2.88. The second kappa shape index (κ2) is 7.57. The second-order valence-corrected chi connectivity index (χ2v) is 6.39. The van der Waals surface area contributed by atoms with E-state index >= 15 is 0 Å². The summed E-state index contributed by atoms with van der Waals surface area (Å²) in [4.78, 5) is 14.0. The molecule has 2 atom stereocenters. The minimum atomic E-state index is -0.410. The minimum Gasteiger partial charge on any atom is -0.421 e. The Labute approximate surface area is 141 Å². The van der Waals surface area contributed by atoms with Gasteiger partial charge in [-0.25, -0.2) is 0 Å². The van der Waals surface area contributed by atoms with Crippen LogP contribution in [0, 0.1) is 5.92 Å². The van der Waals surface area contributed by atoms with Crippen LogP contribution in [-0.2, 0) is 11.2 Å². The summed E-state index contributed by atoms with van der Waals surface area (Å²) in [6.45, 7) is 3.20. The molecule has 1 aliphatic rings. The van der Waals surface area contributed by atoms with E-state index in [1.165, 1.54) is 0 Å². The number of carbonyl (C=O) groups is 1. The lowest BCUT2D eigenvalue weighted by atomic mass is 9.96. The van der Waals surface area contributed by atoms with Crippen LogP contribution in [0.4, 0.5) is 0 Å². The minimum absolute atomic E-state index is 0.0868. The summed E-state index contributed by atoms with van der Waals surface area (Å²) >= 11 is 0. The number of aromatic nitrogens is 2. The SMILES string of the molecule is CC1CCN(C(=O)CCCc2nnc(-c3ccccc3)o2)CC1O. The average Bonchev–Trinajstić information content (AvgIpc) is 3.07. The molecule has 6 heteroatoms. The van der Waals surface area contributed by atoms with Crippen LogP contribution in [0.15, 0.2) is 34.7 Å². The van der Waals surface area contributed by atoms with Crippen molar-refractivity contribution in [3.63, 3.8) is 0 Å². The molecule has 2 aromatic rings. The standard InChI is InChI=1S/C18H23N3O3/c1-13-10-11-21(12-15(13)22)17(23)9-5-8-16-19-20-18(24-16)14-6-3-2-4-7-14/h2-4,6-7,13,15,22H,5,8-12H2,1H3. The third-order valence-electron chi connectivity index (χ3n) is 4.54. The summed E-state index contributed by atoms with van der Waals surface area (Å²) in [5, 5.41) is 18.0. The van der Waals surface area contributed by atoms with E-state index in [2.05, 4.69) is 10.2 Å². The summed E-state index contributed by atoms with van der Waals surface area (Å²) in [5.74, 6) is 1.41. The molecule has 0 bridgehead atoms. The van der Waals surface area contributed by atoms with Crippen LogP contribution in [-0.4, -0.2) is 45.3 Å². The van der Waals surface area contributed by atoms with Gasteiger partial charge in [0.1, 0.15) is 0 Å². The number of rotatable bonds is 5. The van der Waals surface area contributed by atoms with Gasteiger partial charge in [-0.2, -0.15) is 0 Å². The number of hydrogen-bond acceptors (Lipinski definition) is 5. The van der Waals surface area contributed by atoms with Gasteiger partial charge in [0.25, 0.3) is 0 Å². The Morgan fingerprint density at radius 2 is 2.12 bits per heavy atom. The Balaban J connectivity index is 1.47. The van der Waals surface area contributed by atoms with Crippen LogP contribution < -0.4 is 0 Å². The monoisotopic (exact) mass is 329 g/mol. The smallest absolute Gasteiger partial charge is 0.247 e. The Morgan fingerprint density at radius 3 is 2.88 bits per heavy atom. The van der Waals surface area contributed by atoms with E-state index in [4.69, 9.17) is 4.42 Å². The third-order valence-corrected chi connectivity index (χ3v) is 4.54. The van der Waals surface area contributed by atoms with E-state index in [0.29, 0.717) is 37.6 Å². The summed E-state index contributed by atoms with van der Waals surface area (Å²) in [6.07, 6.45) is 2.13. The molecule has 2 heterocycles. The fourth-order valence-corrected chi connectivity index (χ4v) is 2.88. The summed E-state index contributed by atoms with van der Waals surface area (Å²) in [5.41, 5.74) is 0.892. The lowest BCUT2D eigenvalue weighted by Gasteiger charge is -2.34. The van der Waals surface area contributed by atoms with Crippen molar-refractivity contribution in [2.75, 3.05) is 13.1 Å². The number of hydrogen-bond donors (Lipinski definition) is 1. The van der Waals surface area contributed by atoms with Gasteiger partial charge in [-0.1, -0.05) is 25.1 Å². The number of likely N-dealkylation sites (tertiary alicyclic amines) is 1. The molecule has 1 fully saturated rings. The van der Waals surface area contributed by atoms with E-state index in [1.807, 2.05) is 37.3 Å². The molecule has 128 valence electrons. The number of aryl methyl sites for hydroxylation is 1. The van der Waals surface area contributed by atoms with Gasteiger partial charge in [0.2, 0.25) is 17.7 Å². The Bertz CT molecular complexity index is 671. The van der Waals surface area contributed by atoms with E-state index in [9.17, 15) is 9.90 Å². The van der Waals surface area contributed by atoms with Gasteiger partial charge in [-0.15, -0.1) is 10.2 Å². The number of aliphatic hydroxyl groups excluding tert-OH is 1. The first-order valence-corrected chi connectivity index (χ1v) is 8.47. The Kier molecular flexibility index (Phi) is 5.25. The summed E-state index contributed by atoms with van der Waals surface area (Å²) in [6, 6.07) is 9.62. The topological polar surface area (TPSA) is 79.5 Å². The molecule has 1 amide bonds. The average molecular weight is 329 g/mol. The van der Waals surface area contributed by atoms with Crippen molar-refractivity contribution in [2.45, 2.75) is 38.7 Å². The van der Waals surface area contributed by atoms with Crippen molar-refractivity contribution in [1.82, 2.24) is 15.1 Å². The Morgan fingerprint density at radius 1 is 1.33 bits per heavy atom. The number of benzene rings is 1. The van der Waals surface area contributed by atoms with Crippen LogP contribution in [0.2, 0.25) is 0 Å². The van der Waals surface area contributed by atoms with Gasteiger partial charge in [-0.3, -0.25) is 4.79 Å². The van der Waals surface area contributed by atoms with Crippen LogP contribution >= 0.6 is 0 Å². The van der Waals surface area contributed by atoms with Crippen molar-refractivity contribution in [1.29, 1.82) is 0 Å². The zero-order valence-corrected chi connectivity index (χ0v) is 13.9. The first kappa shape index (κ1) is 16.6. The van der Waals surface area contributed by atoms with Gasteiger partial charge >= 0.3 is 0 Å². The van der Waals surface area contributed by atoms with Gasteiger partial charge in [0.15, 0.2) is 0 Å². The first-order valence-electron chi connectivity index (χ1n) is 8.47. The van der Waals surface area contributed by atoms with Gasteiger partial charge in [-0.05, 0) is 30.9 Å². The van der Waals surface area contributed by atoms with Crippen LogP contribution in [0.25, 0.3) is 11.5 Å². The van der Waals surface area contributed by atoms with Crippen LogP contribution in [0.3, 0.4) is 0 Å². The predicted octanol–water partition coefficient (Wildman–Crippen LogP) is 2.29. The van der Waals surface area contributed by atoms with E-state index < -0.39 is 6.10 Å². The molecule has 1 aromatic heterocycles. The highest BCUT2D eigenvalue weighted by atomic mass is 16.4. The molecular formula is C18H23N3O3. The molecule has 0 saturated carbocycles. The largest absolute Gasteiger partial charge is 0.421 e. The third kappa shape index (κ3) is 4.00. The molecule has 24 heavy (non-hydrogen) atoms. The summed E-state index contributed by atoms with van der Waals surface area (Å²) in [7, 11) is 0. The maximum atomic E-state index is 12.2. The number of amides is 1. The quantitative estimate of drug-likeness (QED) is 0.910. The van der Waals surface area contributed by atoms with Crippen molar-refractivity contribution in [2.24, 2.45) is 5.92 Å². The molecule has 1 saturated heterocycles. The molecule has 0 radical (unpaired) electrons. The fraction of sp³-hybridized carbons (Fsp3) is 0.500. The Hall–Kier alpha value is -2.21. The van der Waals surface area contributed by atoms with Crippen molar-refractivity contribution in [3.05, 3.63) is 36.2 Å². The van der Waals surface area contributed by atoms with Crippen LogP contribution in [0.1, 0.15) is 32.1 Å². The number of nitrogens with zero attached hydrogens (tertiary/aromatic N) is 3. The molecule has 0 aliphatic carbocycles. The number of piperidine rings is 1. The highest BCUT2D eigenvalue weighted by Crippen LogP contribution is 2.19. The highest BCUT2D eigenvalue weighted by molar-refractivity contribution is 5.76. The predicted molar refractivity (Wildman–Crippen MR) is 89.0 cm³/mol. The molecular weight excluding hydrogens is 306 g/mol. The zero-order valence-electron chi connectivity index (χ0n) is 13.9. The lowest BCUT2D eigenvalue weighted by molar-refractivity contribution is -0.135. The van der Waals surface area contributed by atoms with E-state index in [-0.39, 0.29) is 11.8 Å². The van der Waals surface area contributed by atoms with Crippen molar-refractivity contribution in [3.8, 4) is 11.5 Å². The number of aliphatic hydroxyl groups is 1. The molecule has 3 rings (SSSR count). The van der Waals surface area contributed by atoms with Crippen LogP contribution in [0.5, 0.6) is 0 Å². The van der Waals surface area contributed by atoms with Crippen molar-refractivity contribution < 1.29 is 14.3 Å². The molecule has 1 aromatic carbocycles. The molecule has 1 N–H and O–H groups in total. The normalized spacial score (nSPS) is 21.0. The zero-order chi connectivity index (χ0) is 16.9. The lowest BCUT2D eigenvalue weighted by Crippen LogP contribution is -2.45.